The van der Waals surface area contributed by atoms with E-state index in [2.05, 4.69) is 5.32 Å². The molecule has 1 heterocycles. The minimum absolute atomic E-state index is 0.00861. The molecule has 0 amide bonds. The molecule has 1 N–H and O–H groups in total. The third-order valence-electron chi connectivity index (χ3n) is 3.13. The van der Waals surface area contributed by atoms with Crippen LogP contribution < -0.4 is 10.1 Å². The molecule has 0 aliphatic carbocycles. The molecule has 1 unspecified atom stereocenters. The summed E-state index contributed by atoms with van der Waals surface area (Å²) in [6.45, 7) is 0.761. The average Bonchev–Trinajstić information content (AvgIpc) is 2.41. The van der Waals surface area contributed by atoms with Crippen LogP contribution in [0, 0.1) is 5.82 Å². The molecule has 1 aromatic carbocycles. The van der Waals surface area contributed by atoms with E-state index in [-0.39, 0.29) is 17.6 Å². The third kappa shape index (κ3) is 2.64. The molecule has 98 valence electrons. The summed E-state index contributed by atoms with van der Waals surface area (Å²) in [5.74, 6) is -0.0740. The van der Waals surface area contributed by atoms with Gasteiger partial charge in [0.25, 0.3) is 0 Å². The van der Waals surface area contributed by atoms with E-state index in [1.807, 2.05) is 13.1 Å². The van der Waals surface area contributed by atoms with Crippen molar-refractivity contribution < 1.29 is 13.9 Å². The molecule has 18 heavy (non-hydrogen) atoms. The Kier molecular flexibility index (Phi) is 4.20. The number of hydrogen-bond donors (Lipinski definition) is 1. The molecule has 1 aliphatic heterocycles. The summed E-state index contributed by atoms with van der Waals surface area (Å²) >= 11 is 0. The highest BCUT2D eigenvalue weighted by Gasteiger charge is 2.18. The Bertz CT molecular complexity index is 445. The summed E-state index contributed by atoms with van der Waals surface area (Å²) in [4.78, 5) is 0. The molecule has 0 fully saturated rings. The summed E-state index contributed by atoms with van der Waals surface area (Å²) in [6.07, 6.45) is 3.76. The van der Waals surface area contributed by atoms with Crippen LogP contribution in [0.15, 0.2) is 30.0 Å². The van der Waals surface area contributed by atoms with Crippen molar-refractivity contribution >= 4 is 0 Å². The average molecular weight is 251 g/mol. The lowest BCUT2D eigenvalue weighted by Crippen LogP contribution is -2.21. The van der Waals surface area contributed by atoms with Crippen molar-refractivity contribution in [3.05, 3.63) is 41.4 Å². The topological polar surface area (TPSA) is 30.5 Å². The van der Waals surface area contributed by atoms with Gasteiger partial charge in [-0.15, -0.1) is 0 Å². The van der Waals surface area contributed by atoms with E-state index < -0.39 is 0 Å². The first-order valence-corrected chi connectivity index (χ1v) is 6.07. The first-order valence-electron chi connectivity index (χ1n) is 6.07. The molecule has 3 nitrogen and oxygen atoms in total. The number of nitrogens with one attached hydrogen (secondary N) is 1. The highest BCUT2D eigenvalue weighted by Crippen LogP contribution is 2.29. The van der Waals surface area contributed by atoms with Crippen molar-refractivity contribution in [3.8, 4) is 5.75 Å². The van der Waals surface area contributed by atoms with Gasteiger partial charge in [-0.3, -0.25) is 0 Å². The van der Waals surface area contributed by atoms with E-state index in [9.17, 15) is 4.39 Å². The van der Waals surface area contributed by atoms with Crippen LogP contribution in [0.3, 0.4) is 0 Å². The molecule has 0 radical (unpaired) electrons. The Hall–Kier alpha value is -1.55. The molecule has 1 aromatic rings. The van der Waals surface area contributed by atoms with Gasteiger partial charge in [0.1, 0.15) is 0 Å². The lowest BCUT2D eigenvalue weighted by molar-refractivity contribution is 0.220. The van der Waals surface area contributed by atoms with E-state index in [0.29, 0.717) is 0 Å². The van der Waals surface area contributed by atoms with Gasteiger partial charge >= 0.3 is 0 Å². The van der Waals surface area contributed by atoms with Crippen molar-refractivity contribution in [2.75, 3.05) is 20.8 Å². The standard InChI is InChI=1S/C14H18FNO2/c1-16-14(11-4-3-7-18-9-11)10-5-6-13(17-2)12(15)8-10/h5-6,8-9,14,16H,3-4,7H2,1-2H3. The normalized spacial score (nSPS) is 16.7. The van der Waals surface area contributed by atoms with Crippen molar-refractivity contribution in [1.29, 1.82) is 0 Å². The smallest absolute Gasteiger partial charge is 0.165 e. The van der Waals surface area contributed by atoms with Gasteiger partial charge in [-0.2, -0.15) is 0 Å². The summed E-state index contributed by atoms with van der Waals surface area (Å²) in [7, 11) is 3.33. The maximum Gasteiger partial charge on any atom is 0.165 e. The zero-order valence-corrected chi connectivity index (χ0v) is 10.7. The Morgan fingerprint density at radius 3 is 2.83 bits per heavy atom. The Morgan fingerprint density at radius 2 is 2.28 bits per heavy atom. The van der Waals surface area contributed by atoms with Crippen molar-refractivity contribution in [2.45, 2.75) is 18.9 Å². The highest BCUT2D eigenvalue weighted by atomic mass is 19.1. The fraction of sp³-hybridized carbons (Fsp3) is 0.429. The predicted octanol–water partition coefficient (Wildman–Crippen LogP) is 2.79. The van der Waals surface area contributed by atoms with E-state index >= 15 is 0 Å². The predicted molar refractivity (Wildman–Crippen MR) is 68.0 cm³/mol. The number of benzene rings is 1. The lowest BCUT2D eigenvalue weighted by atomic mass is 9.95. The molecular formula is C14H18FNO2. The van der Waals surface area contributed by atoms with Crippen molar-refractivity contribution in [1.82, 2.24) is 5.32 Å². The molecule has 2 rings (SSSR count). The van der Waals surface area contributed by atoms with Crippen LogP contribution in [-0.4, -0.2) is 20.8 Å². The molecule has 4 heteroatoms. The zero-order valence-electron chi connectivity index (χ0n) is 10.7. The van der Waals surface area contributed by atoms with Crippen LogP contribution in [0.5, 0.6) is 5.75 Å². The first-order chi connectivity index (χ1) is 8.76. The fourth-order valence-corrected chi connectivity index (χ4v) is 2.23. The minimum Gasteiger partial charge on any atom is -0.501 e. The second-order valence-electron chi connectivity index (χ2n) is 4.28. The van der Waals surface area contributed by atoms with Gasteiger partial charge in [0, 0.05) is 0 Å². The molecule has 0 saturated heterocycles. The Balaban J connectivity index is 2.27. The van der Waals surface area contributed by atoms with E-state index in [0.717, 1.165) is 30.6 Å². The quantitative estimate of drug-likeness (QED) is 0.892. The summed E-state index contributed by atoms with van der Waals surface area (Å²) < 4.78 is 24.0. The Labute approximate surface area is 107 Å². The number of halogens is 1. The van der Waals surface area contributed by atoms with Gasteiger partial charge in [0.15, 0.2) is 11.6 Å². The lowest BCUT2D eigenvalue weighted by Gasteiger charge is -2.23. The maximum atomic E-state index is 13.7. The molecule has 0 aromatic heterocycles. The Morgan fingerprint density at radius 1 is 1.44 bits per heavy atom. The van der Waals surface area contributed by atoms with Gasteiger partial charge in [-0.1, -0.05) is 6.07 Å². The SMILES string of the molecule is CNC(C1=COCCC1)c1ccc(OC)c(F)c1. The third-order valence-corrected chi connectivity index (χ3v) is 3.13. The molecular weight excluding hydrogens is 233 g/mol. The molecule has 1 atom stereocenters. The van der Waals surface area contributed by atoms with Crippen LogP contribution in [0.2, 0.25) is 0 Å². The van der Waals surface area contributed by atoms with Crippen LogP contribution >= 0.6 is 0 Å². The second kappa shape index (κ2) is 5.87. The van der Waals surface area contributed by atoms with E-state index in [1.165, 1.54) is 13.2 Å². The van der Waals surface area contributed by atoms with Crippen molar-refractivity contribution in [3.63, 3.8) is 0 Å². The van der Waals surface area contributed by atoms with Crippen LogP contribution in [0.1, 0.15) is 24.4 Å². The minimum atomic E-state index is -0.340. The monoisotopic (exact) mass is 251 g/mol. The van der Waals surface area contributed by atoms with Crippen LogP contribution in [-0.2, 0) is 4.74 Å². The van der Waals surface area contributed by atoms with Crippen LogP contribution in [0.25, 0.3) is 0 Å². The van der Waals surface area contributed by atoms with Crippen LogP contribution in [0.4, 0.5) is 4.39 Å². The van der Waals surface area contributed by atoms with Crippen molar-refractivity contribution in [2.24, 2.45) is 0 Å². The fourth-order valence-electron chi connectivity index (χ4n) is 2.23. The van der Waals surface area contributed by atoms with E-state index in [4.69, 9.17) is 9.47 Å². The van der Waals surface area contributed by atoms with Gasteiger partial charge < -0.3 is 14.8 Å². The van der Waals surface area contributed by atoms with Gasteiger partial charge in [-0.25, -0.2) is 4.39 Å². The zero-order chi connectivity index (χ0) is 13.0. The highest BCUT2D eigenvalue weighted by molar-refractivity contribution is 5.34. The summed E-state index contributed by atoms with van der Waals surface area (Å²) in [5, 5.41) is 3.20. The molecule has 0 bridgehead atoms. The summed E-state index contributed by atoms with van der Waals surface area (Å²) in [6, 6.07) is 5.03. The maximum absolute atomic E-state index is 13.7. The summed E-state index contributed by atoms with van der Waals surface area (Å²) in [5.41, 5.74) is 2.03. The number of hydrogen-bond acceptors (Lipinski definition) is 3. The van der Waals surface area contributed by atoms with Gasteiger partial charge in [0.2, 0.25) is 0 Å². The largest absolute Gasteiger partial charge is 0.501 e. The molecule has 0 spiro atoms. The second-order valence-corrected chi connectivity index (χ2v) is 4.28. The number of rotatable bonds is 4. The van der Waals surface area contributed by atoms with Gasteiger partial charge in [-0.05, 0) is 43.2 Å². The van der Waals surface area contributed by atoms with Gasteiger partial charge in [0.05, 0.1) is 26.0 Å². The number of likely N-dealkylation sites (N-methyl/N-ethyl adjacent to an activating group) is 1. The molecule has 0 saturated carbocycles. The number of methoxy groups -OCH3 is 1. The van der Waals surface area contributed by atoms with E-state index in [1.54, 1.807) is 12.3 Å². The molecule has 1 aliphatic rings. The number of ether oxygens (including phenoxy) is 2. The first kappa shape index (κ1) is 12.9.